The zero-order chi connectivity index (χ0) is 18.3. The molecule has 0 bridgehead atoms. The number of nitrogens with zero attached hydrogens (tertiary/aromatic N) is 4. The lowest BCUT2D eigenvalue weighted by Gasteiger charge is -2.22. The molecule has 0 radical (unpaired) electrons. The lowest BCUT2D eigenvalue weighted by atomic mass is 9.88. The third-order valence-electron chi connectivity index (χ3n) is 4.28. The van der Waals surface area contributed by atoms with Crippen molar-refractivity contribution in [2.24, 2.45) is 5.92 Å². The summed E-state index contributed by atoms with van der Waals surface area (Å²) in [5.41, 5.74) is 6.02. The third kappa shape index (κ3) is 2.90. The van der Waals surface area contributed by atoms with E-state index in [0.717, 1.165) is 0 Å². The van der Waals surface area contributed by atoms with Gasteiger partial charge in [-0.05, 0) is 5.92 Å². The highest BCUT2D eigenvalue weighted by molar-refractivity contribution is 6.18. The Labute approximate surface area is 146 Å². The van der Waals surface area contributed by atoms with Gasteiger partial charge in [0.05, 0.1) is 16.8 Å². The standard InChI is InChI=1S/C16H15ClF3N5/c1-7(5-17)8(2)14-13(12-10(19)3-9(18)4-11(12)20)15(21)25-16(24-14)22-6-23-25/h3-4,6-8H,5,21H2,1-2H3/t7?,8-/m1/s1. The minimum absolute atomic E-state index is 0.0254. The Bertz CT molecular complexity index is 920. The first-order valence-corrected chi connectivity index (χ1v) is 8.08. The summed E-state index contributed by atoms with van der Waals surface area (Å²) in [7, 11) is 0. The van der Waals surface area contributed by atoms with Crippen LogP contribution in [0.15, 0.2) is 18.5 Å². The van der Waals surface area contributed by atoms with Crippen molar-refractivity contribution < 1.29 is 13.2 Å². The van der Waals surface area contributed by atoms with E-state index in [1.54, 1.807) is 0 Å². The predicted octanol–water partition coefficient (Wildman–Crippen LogP) is 3.77. The quantitative estimate of drug-likeness (QED) is 0.711. The number of benzene rings is 1. The molecule has 0 aliphatic rings. The molecule has 1 unspecified atom stereocenters. The highest BCUT2D eigenvalue weighted by Crippen LogP contribution is 2.39. The summed E-state index contributed by atoms with van der Waals surface area (Å²) in [6, 6.07) is 1.20. The van der Waals surface area contributed by atoms with Crippen LogP contribution in [-0.2, 0) is 0 Å². The van der Waals surface area contributed by atoms with E-state index in [1.807, 2.05) is 13.8 Å². The van der Waals surface area contributed by atoms with E-state index in [-0.39, 0.29) is 29.0 Å². The van der Waals surface area contributed by atoms with Crippen LogP contribution in [0.2, 0.25) is 0 Å². The zero-order valence-corrected chi connectivity index (χ0v) is 14.2. The number of fused-ring (bicyclic) bond motifs is 1. The van der Waals surface area contributed by atoms with E-state index in [0.29, 0.717) is 23.7 Å². The lowest BCUT2D eigenvalue weighted by Crippen LogP contribution is -2.16. The van der Waals surface area contributed by atoms with Crippen molar-refractivity contribution in [3.63, 3.8) is 0 Å². The minimum Gasteiger partial charge on any atom is -0.383 e. The van der Waals surface area contributed by atoms with Gasteiger partial charge >= 0.3 is 0 Å². The molecule has 132 valence electrons. The third-order valence-corrected chi connectivity index (χ3v) is 4.76. The number of anilines is 1. The highest BCUT2D eigenvalue weighted by atomic mass is 35.5. The Morgan fingerprint density at radius 1 is 1.16 bits per heavy atom. The maximum absolute atomic E-state index is 14.4. The van der Waals surface area contributed by atoms with Gasteiger partial charge in [0.25, 0.3) is 5.78 Å². The number of nitrogen functional groups attached to an aromatic ring is 1. The second kappa shape index (κ2) is 6.51. The van der Waals surface area contributed by atoms with Gasteiger partial charge < -0.3 is 5.73 Å². The summed E-state index contributed by atoms with van der Waals surface area (Å²) in [4.78, 5) is 8.35. The molecule has 9 heteroatoms. The van der Waals surface area contributed by atoms with Crippen LogP contribution in [0.4, 0.5) is 19.0 Å². The Morgan fingerprint density at radius 3 is 2.40 bits per heavy atom. The Morgan fingerprint density at radius 2 is 1.80 bits per heavy atom. The van der Waals surface area contributed by atoms with Crippen LogP contribution >= 0.6 is 11.6 Å². The number of rotatable bonds is 4. The molecule has 25 heavy (non-hydrogen) atoms. The largest absolute Gasteiger partial charge is 0.383 e. The van der Waals surface area contributed by atoms with Gasteiger partial charge in [0, 0.05) is 23.9 Å². The van der Waals surface area contributed by atoms with Gasteiger partial charge in [-0.1, -0.05) is 13.8 Å². The fourth-order valence-corrected chi connectivity index (χ4v) is 2.92. The number of hydrogen-bond donors (Lipinski definition) is 1. The number of halogens is 4. The monoisotopic (exact) mass is 369 g/mol. The van der Waals surface area contributed by atoms with E-state index in [1.165, 1.54) is 10.8 Å². The molecular formula is C16H15ClF3N5. The predicted molar refractivity (Wildman–Crippen MR) is 88.8 cm³/mol. The van der Waals surface area contributed by atoms with Crippen molar-refractivity contribution in [3.05, 3.63) is 41.6 Å². The molecule has 0 fully saturated rings. The smallest absolute Gasteiger partial charge is 0.254 e. The van der Waals surface area contributed by atoms with Crippen molar-refractivity contribution in [2.45, 2.75) is 19.8 Å². The number of nitrogens with two attached hydrogens (primary N) is 1. The molecule has 0 spiro atoms. The van der Waals surface area contributed by atoms with Gasteiger partial charge in [0.15, 0.2) is 0 Å². The van der Waals surface area contributed by atoms with Crippen LogP contribution < -0.4 is 5.73 Å². The topological polar surface area (TPSA) is 69.1 Å². The molecule has 2 heterocycles. The molecule has 3 aromatic rings. The molecule has 0 saturated carbocycles. The van der Waals surface area contributed by atoms with E-state index in [2.05, 4.69) is 15.1 Å². The number of hydrogen-bond acceptors (Lipinski definition) is 4. The van der Waals surface area contributed by atoms with Crippen LogP contribution in [-0.4, -0.2) is 25.5 Å². The van der Waals surface area contributed by atoms with Gasteiger partial charge in [-0.2, -0.15) is 14.6 Å². The first kappa shape index (κ1) is 17.5. The van der Waals surface area contributed by atoms with E-state index in [4.69, 9.17) is 17.3 Å². The highest BCUT2D eigenvalue weighted by Gasteiger charge is 2.27. The van der Waals surface area contributed by atoms with Crippen molar-refractivity contribution >= 4 is 23.2 Å². The molecule has 2 atom stereocenters. The average Bonchev–Trinajstić information content (AvgIpc) is 3.03. The summed E-state index contributed by atoms with van der Waals surface area (Å²) < 4.78 is 43.3. The maximum Gasteiger partial charge on any atom is 0.254 e. The number of alkyl halides is 1. The summed E-state index contributed by atoms with van der Waals surface area (Å²) in [6.45, 7) is 3.70. The van der Waals surface area contributed by atoms with E-state index >= 15 is 0 Å². The van der Waals surface area contributed by atoms with Crippen molar-refractivity contribution in [1.29, 1.82) is 0 Å². The average molecular weight is 370 g/mol. The Balaban J connectivity index is 2.38. The van der Waals surface area contributed by atoms with Crippen LogP contribution in [0.3, 0.4) is 0 Å². The van der Waals surface area contributed by atoms with Gasteiger partial charge in [0.1, 0.15) is 29.6 Å². The zero-order valence-electron chi connectivity index (χ0n) is 13.5. The van der Waals surface area contributed by atoms with E-state index in [9.17, 15) is 13.2 Å². The van der Waals surface area contributed by atoms with Crippen LogP contribution in [0.5, 0.6) is 0 Å². The Kier molecular flexibility index (Phi) is 4.55. The molecule has 5 nitrogen and oxygen atoms in total. The fraction of sp³-hybridized carbons (Fsp3) is 0.312. The van der Waals surface area contributed by atoms with Gasteiger partial charge in [-0.25, -0.2) is 18.2 Å². The van der Waals surface area contributed by atoms with Crippen molar-refractivity contribution in [3.8, 4) is 11.1 Å². The van der Waals surface area contributed by atoms with Gasteiger partial charge in [-0.15, -0.1) is 11.6 Å². The summed E-state index contributed by atoms with van der Waals surface area (Å²) in [5, 5.41) is 3.92. The molecule has 1 aromatic carbocycles. The normalized spacial score (nSPS) is 14.0. The van der Waals surface area contributed by atoms with Crippen molar-refractivity contribution in [2.75, 3.05) is 11.6 Å². The molecular weight excluding hydrogens is 355 g/mol. The first-order valence-electron chi connectivity index (χ1n) is 7.55. The van der Waals surface area contributed by atoms with Crippen LogP contribution in [0.1, 0.15) is 25.5 Å². The minimum atomic E-state index is -1.07. The molecule has 0 aliphatic heterocycles. The Hall–Kier alpha value is -2.35. The lowest BCUT2D eigenvalue weighted by molar-refractivity contribution is 0.526. The molecule has 0 amide bonds. The number of aromatic nitrogens is 4. The molecule has 0 saturated heterocycles. The molecule has 3 rings (SSSR count). The van der Waals surface area contributed by atoms with Crippen molar-refractivity contribution in [1.82, 2.24) is 19.6 Å². The second-order valence-electron chi connectivity index (χ2n) is 5.89. The van der Waals surface area contributed by atoms with Gasteiger partial charge in [0.2, 0.25) is 0 Å². The molecule has 2 N–H and O–H groups in total. The fourth-order valence-electron chi connectivity index (χ4n) is 2.65. The maximum atomic E-state index is 14.4. The summed E-state index contributed by atoms with van der Waals surface area (Å²) in [5.74, 6) is -3.01. The van der Waals surface area contributed by atoms with Gasteiger partial charge in [-0.3, -0.25) is 0 Å². The SMILES string of the molecule is CC(CCl)[C@@H](C)c1nc2ncnn2c(N)c1-c1c(F)cc(F)cc1F. The van der Waals surface area contributed by atoms with Crippen LogP contribution in [0, 0.1) is 23.4 Å². The first-order chi connectivity index (χ1) is 11.8. The van der Waals surface area contributed by atoms with Crippen LogP contribution in [0.25, 0.3) is 16.9 Å². The molecule has 0 aliphatic carbocycles. The van der Waals surface area contributed by atoms with E-state index < -0.39 is 23.0 Å². The molecule has 2 aromatic heterocycles. The second-order valence-corrected chi connectivity index (χ2v) is 6.20. The summed E-state index contributed by atoms with van der Waals surface area (Å²) in [6.07, 6.45) is 1.24. The summed E-state index contributed by atoms with van der Waals surface area (Å²) >= 11 is 5.93.